The van der Waals surface area contributed by atoms with E-state index < -0.39 is 15.9 Å². The lowest BCUT2D eigenvalue weighted by Crippen LogP contribution is -2.48. The van der Waals surface area contributed by atoms with Crippen LogP contribution in [0.2, 0.25) is 0 Å². The molecule has 0 unspecified atom stereocenters. The Morgan fingerprint density at radius 3 is 2.48 bits per heavy atom. The molecule has 0 spiro atoms. The van der Waals surface area contributed by atoms with Gasteiger partial charge in [0.2, 0.25) is 10.0 Å². The Hall–Kier alpha value is -4.42. The number of hydrogen-bond donors (Lipinski definition) is 1. The van der Waals surface area contributed by atoms with Crippen LogP contribution in [0.1, 0.15) is 106 Å². The summed E-state index contributed by atoms with van der Waals surface area (Å²) in [4.78, 5) is 35.2. The van der Waals surface area contributed by atoms with Crippen molar-refractivity contribution in [2.24, 2.45) is 11.8 Å². The molecule has 5 aliphatic rings. The highest BCUT2D eigenvalue weighted by atomic mass is 32.2. The lowest BCUT2D eigenvalue weighted by molar-refractivity contribution is -0.115. The molecule has 1 saturated carbocycles. The summed E-state index contributed by atoms with van der Waals surface area (Å²) in [6.07, 6.45) is 15.8. The number of nitrogens with zero attached hydrogens (tertiary/aromatic N) is 5. The summed E-state index contributed by atoms with van der Waals surface area (Å²) >= 11 is 0. The maximum absolute atomic E-state index is 14.7. The number of methoxy groups -OCH3 is 1. The molecule has 2 saturated heterocycles. The highest BCUT2D eigenvalue weighted by Gasteiger charge is 2.45. The van der Waals surface area contributed by atoms with Crippen LogP contribution in [0.5, 0.6) is 5.75 Å². The molecule has 5 heterocycles. The Bertz CT molecular complexity index is 2120. The highest BCUT2D eigenvalue weighted by Crippen LogP contribution is 2.44. The van der Waals surface area contributed by atoms with E-state index in [9.17, 15) is 18.0 Å². The molecule has 1 aromatic carbocycles. The Balaban J connectivity index is 1.38. The molecule has 1 aliphatic carbocycles. The number of carbonyl (C=O) groups excluding carboxylic acids is 2. The molecule has 2 bridgehead atoms. The molecule has 3 fully saturated rings. The third kappa shape index (κ3) is 7.92. The fourth-order valence-corrected chi connectivity index (χ4v) is 10.8. The summed E-state index contributed by atoms with van der Waals surface area (Å²) in [7, 11) is -2.18. The first-order valence-electron chi connectivity index (χ1n) is 20.4. The zero-order valence-corrected chi connectivity index (χ0v) is 34.7. The molecule has 2 aromatic rings. The van der Waals surface area contributed by atoms with Crippen LogP contribution in [0, 0.1) is 11.8 Å². The Kier molecular flexibility index (Phi) is 11.5. The molecule has 4 aliphatic heterocycles. The van der Waals surface area contributed by atoms with Gasteiger partial charge in [-0.05, 0) is 104 Å². The molecule has 0 radical (unpaired) electrons. The van der Waals surface area contributed by atoms with Crippen LogP contribution < -0.4 is 9.46 Å². The zero-order valence-electron chi connectivity index (χ0n) is 33.9. The van der Waals surface area contributed by atoms with Crippen molar-refractivity contribution in [2.45, 2.75) is 91.3 Å². The predicted octanol–water partition coefficient (Wildman–Crippen LogP) is 6.69. The van der Waals surface area contributed by atoms with Gasteiger partial charge in [-0.2, -0.15) is 5.10 Å². The third-order valence-electron chi connectivity index (χ3n) is 12.0. The molecule has 1 aromatic heterocycles. The number of benzene rings is 1. The van der Waals surface area contributed by atoms with Gasteiger partial charge in [-0.1, -0.05) is 58.8 Å². The van der Waals surface area contributed by atoms with E-state index in [0.29, 0.717) is 31.2 Å². The van der Waals surface area contributed by atoms with Crippen LogP contribution in [0.15, 0.2) is 65.9 Å². The van der Waals surface area contributed by atoms with Crippen LogP contribution >= 0.6 is 0 Å². The predicted molar refractivity (Wildman–Crippen MR) is 222 cm³/mol. The molecule has 7 rings (SSSR count). The van der Waals surface area contributed by atoms with Crippen molar-refractivity contribution in [1.82, 2.24) is 29.2 Å². The van der Waals surface area contributed by atoms with E-state index in [0.717, 1.165) is 90.2 Å². The Labute approximate surface area is 332 Å². The number of carbonyl (C=O) groups is 2. The minimum atomic E-state index is -3.85. The lowest BCUT2D eigenvalue weighted by atomic mass is 9.78. The van der Waals surface area contributed by atoms with Gasteiger partial charge in [0.1, 0.15) is 5.75 Å². The average molecular weight is 783 g/mol. The number of likely N-dealkylation sites (N-methyl/N-ethyl adjacent to an activating group) is 1. The molecule has 56 heavy (non-hydrogen) atoms. The minimum absolute atomic E-state index is 0.00771. The van der Waals surface area contributed by atoms with Gasteiger partial charge in [0, 0.05) is 61.1 Å². The quantitative estimate of drug-likeness (QED) is 0.284. The van der Waals surface area contributed by atoms with Gasteiger partial charge in [0.15, 0.2) is 0 Å². The van der Waals surface area contributed by atoms with Gasteiger partial charge < -0.3 is 14.5 Å². The molecule has 11 nitrogen and oxygen atoms in total. The lowest BCUT2D eigenvalue weighted by Gasteiger charge is -2.34. The number of nitrogens with one attached hydrogen (secondary N) is 1. The van der Waals surface area contributed by atoms with E-state index in [1.165, 1.54) is 6.42 Å². The number of rotatable bonds is 10. The third-order valence-corrected chi connectivity index (χ3v) is 13.6. The fourth-order valence-electron chi connectivity index (χ4n) is 9.48. The molecule has 1 N–H and O–H groups in total. The number of ether oxygens (including phenoxy) is 1. The van der Waals surface area contributed by atoms with Crippen molar-refractivity contribution in [3.8, 4) is 5.75 Å². The van der Waals surface area contributed by atoms with Gasteiger partial charge in [0.25, 0.3) is 11.8 Å². The second-order valence-electron chi connectivity index (χ2n) is 16.8. The van der Waals surface area contributed by atoms with Gasteiger partial charge >= 0.3 is 0 Å². The van der Waals surface area contributed by atoms with E-state index in [1.54, 1.807) is 19.4 Å². The zero-order chi connectivity index (χ0) is 39.9. The van der Waals surface area contributed by atoms with Crippen LogP contribution in [0.3, 0.4) is 0 Å². The second kappa shape index (κ2) is 16.2. The second-order valence-corrected chi connectivity index (χ2v) is 18.5. The van der Waals surface area contributed by atoms with Crippen molar-refractivity contribution >= 4 is 39.2 Å². The maximum atomic E-state index is 14.7. The highest BCUT2D eigenvalue weighted by molar-refractivity contribution is 7.90. The summed E-state index contributed by atoms with van der Waals surface area (Å²) in [5.41, 5.74) is 7.46. The molecular formula is C44H58N6O5S. The number of hydrogen-bond acceptors (Lipinski definition) is 8. The first-order valence-corrected chi connectivity index (χ1v) is 22.1. The van der Waals surface area contributed by atoms with E-state index in [1.807, 2.05) is 36.7 Å². The summed E-state index contributed by atoms with van der Waals surface area (Å²) in [5, 5.41) is 4.86. The number of likely N-dealkylation sites (tertiary alicyclic amines) is 2. The summed E-state index contributed by atoms with van der Waals surface area (Å²) in [6, 6.07) is 6.68. The van der Waals surface area contributed by atoms with Crippen molar-refractivity contribution < 1.29 is 22.7 Å². The van der Waals surface area contributed by atoms with Crippen LogP contribution in [-0.2, 0) is 14.8 Å². The van der Waals surface area contributed by atoms with Crippen molar-refractivity contribution in [3.63, 3.8) is 0 Å². The van der Waals surface area contributed by atoms with Crippen LogP contribution in [0.25, 0.3) is 17.3 Å². The average Bonchev–Trinajstić information content (AvgIpc) is 3.89. The number of sulfonamides is 1. The SMILES string of the molecule is C=C1/C=C\C(C(=O)NS(=O)(=O)CC(C)C)=C/CN2CC(c3c(C(=O)N4C[C@H]5C[C@@H]4CN5CC)cnn3C(C)C)=Cc3cc(OC)ccc3C2=C1C1CCCCC1. The first kappa shape index (κ1) is 39.8. The van der Waals surface area contributed by atoms with E-state index in [-0.39, 0.29) is 41.2 Å². The summed E-state index contributed by atoms with van der Waals surface area (Å²) in [5.74, 6) is 0.00891. The molecule has 2 atom stereocenters. The van der Waals surface area contributed by atoms with E-state index in [4.69, 9.17) is 9.84 Å². The summed E-state index contributed by atoms with van der Waals surface area (Å²) in [6.45, 7) is 17.9. The van der Waals surface area contributed by atoms with Gasteiger partial charge in [-0.25, -0.2) is 13.1 Å². The topological polar surface area (TPSA) is 117 Å². The monoisotopic (exact) mass is 782 g/mol. The fraction of sp³-hybridized carbons (Fsp3) is 0.523. The molecule has 300 valence electrons. The number of fused-ring (bicyclic) bond motifs is 5. The van der Waals surface area contributed by atoms with Crippen molar-refractivity contribution in [3.05, 3.63) is 88.3 Å². The van der Waals surface area contributed by atoms with Crippen molar-refractivity contribution in [1.29, 1.82) is 0 Å². The first-order chi connectivity index (χ1) is 26.8. The molecule has 12 heteroatoms. The van der Waals surface area contributed by atoms with Gasteiger partial charge in [0.05, 0.1) is 30.3 Å². The van der Waals surface area contributed by atoms with Gasteiger partial charge in [-0.15, -0.1) is 0 Å². The summed E-state index contributed by atoms with van der Waals surface area (Å²) < 4.78 is 35.9. The van der Waals surface area contributed by atoms with E-state index >= 15 is 0 Å². The Morgan fingerprint density at radius 1 is 1.05 bits per heavy atom. The Morgan fingerprint density at radius 2 is 1.82 bits per heavy atom. The normalized spacial score (nSPS) is 23.5. The van der Waals surface area contributed by atoms with Crippen molar-refractivity contribution in [2.75, 3.05) is 45.6 Å². The number of amides is 2. The number of aromatic nitrogens is 2. The molecule has 2 amide bonds. The van der Waals surface area contributed by atoms with Crippen LogP contribution in [0.4, 0.5) is 0 Å². The van der Waals surface area contributed by atoms with E-state index in [2.05, 4.69) is 65.0 Å². The smallest absolute Gasteiger partial charge is 0.264 e. The number of allylic oxidation sites excluding steroid dienone is 3. The van der Waals surface area contributed by atoms with Crippen LogP contribution in [-0.4, -0.2) is 102 Å². The molecular weight excluding hydrogens is 725 g/mol. The van der Waals surface area contributed by atoms with Gasteiger partial charge in [-0.3, -0.25) is 19.2 Å². The standard InChI is InChI=1S/C44H58N6O5S/c1-8-47-25-36-22-35(47)26-49(36)44(52)39-23-45-50(29(4)5)41(39)34-20-33-21-37(55-7)16-17-38(33)42-40(31-12-10-9-11-13-31)30(6)14-15-32(18-19-48(42)24-34)43(51)46-56(53,54)27-28(2)3/h14-18,20-21,23,28-29,31,35-36H,6,8-13,19,22,24-27H2,1-5,7H3,(H,46,51)/b15-14-,32-18+,42-40?/t35-,36-/m1/s1. The number of piperazine rings is 1. The minimum Gasteiger partial charge on any atom is -0.497 e. The largest absolute Gasteiger partial charge is 0.497 e. The maximum Gasteiger partial charge on any atom is 0.264 e.